The highest BCUT2D eigenvalue weighted by molar-refractivity contribution is 7.90. The minimum absolute atomic E-state index is 0.0880. The Labute approximate surface area is 159 Å². The van der Waals surface area contributed by atoms with Gasteiger partial charge in [0.05, 0.1) is 5.25 Å². The van der Waals surface area contributed by atoms with Gasteiger partial charge >= 0.3 is 6.03 Å². The average Bonchev–Trinajstić information content (AvgIpc) is 3.25. The fourth-order valence-electron chi connectivity index (χ4n) is 4.50. The Morgan fingerprint density at radius 2 is 1.74 bits per heavy atom. The third-order valence-corrected chi connectivity index (χ3v) is 7.75. The molecule has 3 amide bonds. The molecule has 1 saturated heterocycles. The van der Waals surface area contributed by atoms with Crippen LogP contribution in [-0.4, -0.2) is 44.1 Å². The van der Waals surface area contributed by atoms with Gasteiger partial charge < -0.3 is 10.2 Å². The summed E-state index contributed by atoms with van der Waals surface area (Å²) in [5.41, 5.74) is 5.66. The molecular weight excluding hydrogens is 366 g/mol. The molecule has 8 heteroatoms. The maximum atomic E-state index is 12.6. The van der Waals surface area contributed by atoms with E-state index in [2.05, 4.69) is 16.1 Å². The first-order valence-corrected chi connectivity index (χ1v) is 11.1. The van der Waals surface area contributed by atoms with E-state index in [1.165, 1.54) is 16.0 Å². The van der Waals surface area contributed by atoms with E-state index in [-0.39, 0.29) is 12.3 Å². The van der Waals surface area contributed by atoms with Gasteiger partial charge in [-0.05, 0) is 67.2 Å². The number of nitrogens with one attached hydrogen (secondary N) is 2. The van der Waals surface area contributed by atoms with Crippen molar-refractivity contribution in [3.8, 4) is 0 Å². The van der Waals surface area contributed by atoms with E-state index in [0.29, 0.717) is 13.0 Å². The lowest BCUT2D eigenvalue weighted by Crippen LogP contribution is -2.47. The van der Waals surface area contributed by atoms with E-state index in [1.807, 2.05) is 0 Å². The Bertz CT molecular complexity index is 878. The number of piperidine rings is 1. The van der Waals surface area contributed by atoms with Crippen LogP contribution < -0.4 is 10.0 Å². The highest BCUT2D eigenvalue weighted by atomic mass is 32.2. The SMILES string of the molecule is CN1CCC(S(=O)(=O)NC(=O)Nc2c3c(cc4c2CCC4)CCC3)CC1=O. The van der Waals surface area contributed by atoms with Crippen LogP contribution in [0.2, 0.25) is 0 Å². The van der Waals surface area contributed by atoms with Crippen LogP contribution in [0.25, 0.3) is 0 Å². The van der Waals surface area contributed by atoms with Crippen molar-refractivity contribution < 1.29 is 18.0 Å². The molecular formula is C19H25N3O4S. The molecule has 3 aliphatic rings. The minimum Gasteiger partial charge on any atom is -0.346 e. The zero-order valence-electron chi connectivity index (χ0n) is 15.5. The number of hydrogen-bond acceptors (Lipinski definition) is 4. The first-order valence-electron chi connectivity index (χ1n) is 9.58. The van der Waals surface area contributed by atoms with Crippen LogP contribution in [-0.2, 0) is 40.5 Å². The van der Waals surface area contributed by atoms with Crippen LogP contribution in [0.5, 0.6) is 0 Å². The summed E-state index contributed by atoms with van der Waals surface area (Å²) in [6.07, 6.45) is 6.21. The normalized spacial score (nSPS) is 21.7. The standard InChI is InChI=1S/C19H25N3O4S/c1-22-9-8-14(11-17(22)23)27(25,26)21-19(24)20-18-15-6-2-4-12(15)10-13-5-3-7-16(13)18/h10,14H,2-9,11H2,1H3,(H2,20,21,24). The number of rotatable bonds is 3. The molecule has 4 rings (SSSR count). The van der Waals surface area contributed by atoms with Gasteiger partial charge in [0, 0.05) is 25.7 Å². The molecule has 1 aliphatic heterocycles. The van der Waals surface area contributed by atoms with E-state index in [4.69, 9.17) is 0 Å². The van der Waals surface area contributed by atoms with E-state index in [0.717, 1.165) is 55.3 Å². The molecule has 1 heterocycles. The van der Waals surface area contributed by atoms with Crippen molar-refractivity contribution in [3.05, 3.63) is 28.3 Å². The predicted octanol–water partition coefficient (Wildman–Crippen LogP) is 1.74. The number of sulfonamides is 1. The van der Waals surface area contributed by atoms with E-state index < -0.39 is 21.3 Å². The number of fused-ring (bicyclic) bond motifs is 2. The molecule has 1 unspecified atom stereocenters. The van der Waals surface area contributed by atoms with E-state index in [1.54, 1.807) is 7.05 Å². The summed E-state index contributed by atoms with van der Waals surface area (Å²) >= 11 is 0. The molecule has 27 heavy (non-hydrogen) atoms. The second-order valence-corrected chi connectivity index (χ2v) is 9.73. The summed E-state index contributed by atoms with van der Waals surface area (Å²) in [5, 5.41) is 1.97. The number of amides is 3. The van der Waals surface area contributed by atoms with Crippen molar-refractivity contribution in [3.63, 3.8) is 0 Å². The summed E-state index contributed by atoms with van der Waals surface area (Å²) in [6.45, 7) is 0.381. The molecule has 7 nitrogen and oxygen atoms in total. The molecule has 1 aromatic rings. The fraction of sp³-hybridized carbons (Fsp3) is 0.579. The van der Waals surface area contributed by atoms with Crippen LogP contribution in [0, 0.1) is 0 Å². The smallest absolute Gasteiger partial charge is 0.332 e. The monoisotopic (exact) mass is 391 g/mol. The quantitative estimate of drug-likeness (QED) is 0.820. The Kier molecular flexibility index (Phi) is 4.61. The van der Waals surface area contributed by atoms with Gasteiger partial charge in [-0.2, -0.15) is 0 Å². The molecule has 0 spiro atoms. The van der Waals surface area contributed by atoms with Gasteiger partial charge in [0.1, 0.15) is 0 Å². The topological polar surface area (TPSA) is 95.6 Å². The second-order valence-electron chi connectivity index (χ2n) is 7.77. The Morgan fingerprint density at radius 3 is 2.33 bits per heavy atom. The molecule has 1 atom stereocenters. The number of carbonyl (C=O) groups excluding carboxylic acids is 2. The number of carbonyl (C=O) groups is 2. The molecule has 2 N–H and O–H groups in total. The second kappa shape index (κ2) is 6.82. The van der Waals surface area contributed by atoms with Crippen molar-refractivity contribution in [2.24, 2.45) is 0 Å². The van der Waals surface area contributed by atoms with Gasteiger partial charge in [-0.25, -0.2) is 17.9 Å². The van der Waals surface area contributed by atoms with Gasteiger partial charge in [0.25, 0.3) is 0 Å². The number of aryl methyl sites for hydroxylation is 2. The maximum absolute atomic E-state index is 12.6. The predicted molar refractivity (Wildman–Crippen MR) is 102 cm³/mol. The van der Waals surface area contributed by atoms with Crippen LogP contribution in [0.15, 0.2) is 6.07 Å². The van der Waals surface area contributed by atoms with Gasteiger partial charge in [0.15, 0.2) is 0 Å². The Balaban J connectivity index is 1.51. The molecule has 0 radical (unpaired) electrons. The molecule has 1 fully saturated rings. The number of anilines is 1. The van der Waals surface area contributed by atoms with Crippen molar-refractivity contribution in [2.75, 3.05) is 18.9 Å². The summed E-state index contributed by atoms with van der Waals surface area (Å²) in [5.74, 6) is -0.212. The van der Waals surface area contributed by atoms with Gasteiger partial charge in [-0.3, -0.25) is 4.79 Å². The number of urea groups is 1. The molecule has 2 aliphatic carbocycles. The number of benzene rings is 1. The molecule has 0 bridgehead atoms. The van der Waals surface area contributed by atoms with E-state index in [9.17, 15) is 18.0 Å². The fourth-order valence-corrected chi connectivity index (χ4v) is 5.75. The highest BCUT2D eigenvalue weighted by Gasteiger charge is 2.34. The number of nitrogens with zero attached hydrogens (tertiary/aromatic N) is 1. The van der Waals surface area contributed by atoms with Gasteiger partial charge in [-0.15, -0.1) is 0 Å². The van der Waals surface area contributed by atoms with Crippen LogP contribution in [0.3, 0.4) is 0 Å². The maximum Gasteiger partial charge on any atom is 0.332 e. The van der Waals surface area contributed by atoms with Crippen molar-refractivity contribution >= 4 is 27.6 Å². The summed E-state index contributed by atoms with van der Waals surface area (Å²) < 4.78 is 27.3. The first-order chi connectivity index (χ1) is 12.8. The first kappa shape index (κ1) is 18.3. The number of likely N-dealkylation sites (tertiary alicyclic amines) is 1. The van der Waals surface area contributed by atoms with Crippen LogP contribution in [0.1, 0.15) is 47.9 Å². The average molecular weight is 391 g/mol. The summed E-state index contributed by atoms with van der Waals surface area (Å²) in [6, 6.07) is 1.53. The molecule has 0 saturated carbocycles. The van der Waals surface area contributed by atoms with Crippen LogP contribution >= 0.6 is 0 Å². The Hall–Kier alpha value is -2.09. The van der Waals surface area contributed by atoms with Crippen molar-refractivity contribution in [2.45, 2.75) is 56.6 Å². The van der Waals surface area contributed by atoms with Crippen LogP contribution in [0.4, 0.5) is 10.5 Å². The van der Waals surface area contributed by atoms with Gasteiger partial charge in [-0.1, -0.05) is 6.07 Å². The van der Waals surface area contributed by atoms with Crippen molar-refractivity contribution in [1.82, 2.24) is 9.62 Å². The van der Waals surface area contributed by atoms with Crippen molar-refractivity contribution in [1.29, 1.82) is 0 Å². The third-order valence-electron chi connectivity index (χ3n) is 6.00. The largest absolute Gasteiger partial charge is 0.346 e. The lowest BCUT2D eigenvalue weighted by Gasteiger charge is -2.28. The highest BCUT2D eigenvalue weighted by Crippen LogP contribution is 2.38. The number of hydrogen-bond donors (Lipinski definition) is 2. The summed E-state index contributed by atoms with van der Waals surface area (Å²) in [7, 11) is -2.24. The Morgan fingerprint density at radius 1 is 1.11 bits per heavy atom. The summed E-state index contributed by atoms with van der Waals surface area (Å²) in [4.78, 5) is 25.9. The third kappa shape index (κ3) is 3.42. The van der Waals surface area contributed by atoms with E-state index >= 15 is 0 Å². The minimum atomic E-state index is -3.90. The molecule has 1 aromatic carbocycles. The lowest BCUT2D eigenvalue weighted by molar-refractivity contribution is -0.131. The zero-order valence-corrected chi connectivity index (χ0v) is 16.3. The lowest BCUT2D eigenvalue weighted by atomic mass is 9.99. The molecule has 146 valence electrons. The van der Waals surface area contributed by atoms with Gasteiger partial charge in [0.2, 0.25) is 15.9 Å². The molecule has 0 aromatic heterocycles. The zero-order chi connectivity index (χ0) is 19.2.